The smallest absolute Gasteiger partial charge is 0.221 e. The second-order valence-electron chi connectivity index (χ2n) is 6.63. The Balaban J connectivity index is 1.82. The summed E-state index contributed by atoms with van der Waals surface area (Å²) in [7, 11) is 0. The van der Waals surface area contributed by atoms with Crippen molar-refractivity contribution in [1.82, 2.24) is 15.3 Å². The number of aryl methyl sites for hydroxylation is 2. The van der Waals surface area contributed by atoms with Crippen LogP contribution in [-0.2, 0) is 4.79 Å². The number of carbonyl (C=O) groups excluding carboxylic acids is 1. The third-order valence-corrected chi connectivity index (χ3v) is 5.26. The van der Waals surface area contributed by atoms with E-state index < -0.39 is 6.10 Å². The molecule has 0 aliphatic carbocycles. The number of amides is 1. The molecule has 3 N–H and O–H groups in total. The van der Waals surface area contributed by atoms with Crippen molar-refractivity contribution in [3.05, 3.63) is 41.0 Å². The third-order valence-electron chi connectivity index (χ3n) is 4.24. The Morgan fingerprint density at radius 2 is 1.96 bits per heavy atom. The molecular formula is C20H24N4O2S. The molecule has 3 rings (SSSR count). The quantitative estimate of drug-likeness (QED) is 0.582. The van der Waals surface area contributed by atoms with E-state index in [2.05, 4.69) is 58.7 Å². The van der Waals surface area contributed by atoms with Crippen LogP contribution in [0.1, 0.15) is 23.8 Å². The first-order chi connectivity index (χ1) is 13.0. The fourth-order valence-corrected chi connectivity index (χ4v) is 3.90. The Morgan fingerprint density at radius 1 is 1.22 bits per heavy atom. The summed E-state index contributed by atoms with van der Waals surface area (Å²) in [5.41, 5.74) is 3.49. The second-order valence-corrected chi connectivity index (χ2v) is 7.83. The van der Waals surface area contributed by atoms with Crippen molar-refractivity contribution in [1.29, 1.82) is 0 Å². The zero-order valence-corrected chi connectivity index (χ0v) is 16.6. The van der Waals surface area contributed by atoms with Crippen LogP contribution in [0.5, 0.6) is 0 Å². The molecule has 1 unspecified atom stereocenters. The number of fused-ring (bicyclic) bond motifs is 1. The summed E-state index contributed by atoms with van der Waals surface area (Å²) in [6, 6.07) is 8.43. The molecule has 0 fully saturated rings. The van der Waals surface area contributed by atoms with Gasteiger partial charge in [0.05, 0.1) is 11.5 Å². The molecule has 0 spiro atoms. The Morgan fingerprint density at radius 3 is 2.67 bits per heavy atom. The number of benzene rings is 1. The highest BCUT2D eigenvalue weighted by atomic mass is 32.1. The average molecular weight is 385 g/mol. The Kier molecular flexibility index (Phi) is 6.03. The maximum Gasteiger partial charge on any atom is 0.221 e. The van der Waals surface area contributed by atoms with Crippen molar-refractivity contribution in [2.75, 3.05) is 18.4 Å². The lowest BCUT2D eigenvalue weighted by atomic mass is 10.0. The highest BCUT2D eigenvalue weighted by Gasteiger charge is 2.16. The van der Waals surface area contributed by atoms with E-state index in [0.717, 1.165) is 27.2 Å². The number of rotatable bonds is 7. The average Bonchev–Trinajstić information content (AvgIpc) is 2.97. The van der Waals surface area contributed by atoms with Crippen molar-refractivity contribution in [3.63, 3.8) is 0 Å². The van der Waals surface area contributed by atoms with Gasteiger partial charge < -0.3 is 15.7 Å². The van der Waals surface area contributed by atoms with Gasteiger partial charge in [0, 0.05) is 30.0 Å². The van der Waals surface area contributed by atoms with Crippen LogP contribution in [0.3, 0.4) is 0 Å². The molecule has 2 heterocycles. The number of aliphatic hydroxyl groups is 1. The van der Waals surface area contributed by atoms with E-state index in [1.807, 2.05) is 0 Å². The number of aromatic nitrogens is 2. The molecule has 1 amide bonds. The lowest BCUT2D eigenvalue weighted by Crippen LogP contribution is -2.31. The zero-order valence-electron chi connectivity index (χ0n) is 15.7. The van der Waals surface area contributed by atoms with E-state index in [1.54, 1.807) is 24.6 Å². The minimum Gasteiger partial charge on any atom is -0.392 e. The summed E-state index contributed by atoms with van der Waals surface area (Å²) in [5, 5.41) is 16.2. The molecule has 3 aromatic rings. The van der Waals surface area contributed by atoms with Gasteiger partial charge >= 0.3 is 0 Å². The molecule has 1 atom stereocenters. The van der Waals surface area contributed by atoms with Crippen LogP contribution in [0, 0.1) is 13.8 Å². The number of nitrogens with zero attached hydrogens (tertiary/aromatic N) is 2. The molecule has 27 heavy (non-hydrogen) atoms. The van der Waals surface area contributed by atoms with E-state index in [9.17, 15) is 9.90 Å². The molecule has 2 aromatic heterocycles. The van der Waals surface area contributed by atoms with E-state index in [0.29, 0.717) is 13.0 Å². The first-order valence-electron chi connectivity index (χ1n) is 8.95. The van der Waals surface area contributed by atoms with Gasteiger partial charge in [-0.2, -0.15) is 0 Å². The number of carbonyl (C=O) groups is 1. The van der Waals surface area contributed by atoms with Crippen molar-refractivity contribution in [3.8, 4) is 11.1 Å². The maximum atomic E-state index is 11.8. The van der Waals surface area contributed by atoms with Crippen molar-refractivity contribution in [2.45, 2.75) is 33.3 Å². The first-order valence-corrected chi connectivity index (χ1v) is 9.77. The summed E-state index contributed by atoms with van der Waals surface area (Å²) in [4.78, 5) is 22.8. The van der Waals surface area contributed by atoms with Gasteiger partial charge in [-0.3, -0.25) is 4.79 Å². The third kappa shape index (κ3) is 4.61. The number of aliphatic hydroxyl groups excluding tert-OH is 1. The summed E-state index contributed by atoms with van der Waals surface area (Å²) < 4.78 is 0. The minimum atomic E-state index is -0.547. The number of hydrogen-bond acceptors (Lipinski definition) is 6. The van der Waals surface area contributed by atoms with Crippen LogP contribution in [0.4, 0.5) is 5.82 Å². The van der Waals surface area contributed by atoms with Crippen LogP contribution >= 0.6 is 11.3 Å². The summed E-state index contributed by atoms with van der Waals surface area (Å²) >= 11 is 1.64. The lowest BCUT2D eigenvalue weighted by molar-refractivity contribution is -0.121. The standard InChI is InChI=1S/C20H24N4O2S/c1-12-4-6-15(7-5-12)17-14(3)27-20-18(17)19(23-11-24-20)21-9-8-16(26)22-10-13(2)25/h4-7,11,13,25H,8-10H2,1-3H3,(H,22,26)(H,21,23,24). The van der Waals surface area contributed by atoms with Gasteiger partial charge in [-0.05, 0) is 26.3 Å². The molecule has 0 radical (unpaired) electrons. The minimum absolute atomic E-state index is 0.103. The van der Waals surface area contributed by atoms with Crippen LogP contribution in [-0.4, -0.2) is 40.2 Å². The highest BCUT2D eigenvalue weighted by Crippen LogP contribution is 2.40. The monoisotopic (exact) mass is 384 g/mol. The fourth-order valence-electron chi connectivity index (χ4n) is 2.89. The number of thiophene rings is 1. The largest absolute Gasteiger partial charge is 0.392 e. The molecule has 6 nitrogen and oxygen atoms in total. The molecule has 7 heteroatoms. The topological polar surface area (TPSA) is 87.1 Å². The van der Waals surface area contributed by atoms with Gasteiger partial charge in [0.2, 0.25) is 5.91 Å². The molecular weight excluding hydrogens is 360 g/mol. The predicted molar refractivity (Wildman–Crippen MR) is 110 cm³/mol. The fraction of sp³-hybridized carbons (Fsp3) is 0.350. The van der Waals surface area contributed by atoms with Gasteiger partial charge in [-0.15, -0.1) is 11.3 Å². The summed E-state index contributed by atoms with van der Waals surface area (Å²) in [6.45, 7) is 6.52. The first kappa shape index (κ1) is 19.3. The number of anilines is 1. The molecule has 0 saturated carbocycles. The van der Waals surface area contributed by atoms with Gasteiger partial charge in [0.25, 0.3) is 0 Å². The second kappa shape index (κ2) is 8.45. The Bertz CT molecular complexity index is 935. The maximum absolute atomic E-state index is 11.8. The molecule has 142 valence electrons. The van der Waals surface area contributed by atoms with Gasteiger partial charge in [-0.1, -0.05) is 29.8 Å². The highest BCUT2D eigenvalue weighted by molar-refractivity contribution is 7.19. The van der Waals surface area contributed by atoms with Crippen molar-refractivity contribution < 1.29 is 9.90 Å². The number of hydrogen-bond donors (Lipinski definition) is 3. The summed E-state index contributed by atoms with van der Waals surface area (Å²) in [5.74, 6) is 0.636. The molecule has 0 saturated heterocycles. The van der Waals surface area contributed by atoms with E-state index in [4.69, 9.17) is 0 Å². The Hall–Kier alpha value is -2.51. The van der Waals surface area contributed by atoms with E-state index in [-0.39, 0.29) is 12.5 Å². The molecule has 1 aromatic carbocycles. The zero-order chi connectivity index (χ0) is 19.4. The van der Waals surface area contributed by atoms with Gasteiger partial charge in [0.15, 0.2) is 0 Å². The van der Waals surface area contributed by atoms with E-state index in [1.165, 1.54) is 10.4 Å². The van der Waals surface area contributed by atoms with Gasteiger partial charge in [-0.25, -0.2) is 9.97 Å². The van der Waals surface area contributed by atoms with Gasteiger partial charge in [0.1, 0.15) is 17.0 Å². The SMILES string of the molecule is Cc1ccc(-c2c(C)sc3ncnc(NCCC(=O)NCC(C)O)c23)cc1. The van der Waals surface area contributed by atoms with Crippen LogP contribution in [0.15, 0.2) is 30.6 Å². The van der Waals surface area contributed by atoms with E-state index >= 15 is 0 Å². The molecule has 0 aliphatic rings. The number of nitrogens with one attached hydrogen (secondary N) is 2. The van der Waals surface area contributed by atoms with Crippen molar-refractivity contribution >= 4 is 33.3 Å². The molecule has 0 bridgehead atoms. The van der Waals surface area contributed by atoms with Crippen LogP contribution in [0.2, 0.25) is 0 Å². The summed E-state index contributed by atoms with van der Waals surface area (Å²) in [6.07, 6.45) is 1.31. The van der Waals surface area contributed by atoms with Crippen molar-refractivity contribution in [2.24, 2.45) is 0 Å². The normalized spacial score (nSPS) is 12.1. The van der Waals surface area contributed by atoms with Crippen LogP contribution < -0.4 is 10.6 Å². The lowest BCUT2D eigenvalue weighted by Gasteiger charge is -2.10. The Labute approximate surface area is 162 Å². The predicted octanol–water partition coefficient (Wildman–Crippen LogP) is 3.27. The molecule has 0 aliphatic heterocycles. The van der Waals surface area contributed by atoms with Crippen LogP contribution in [0.25, 0.3) is 21.3 Å².